The van der Waals surface area contributed by atoms with Gasteiger partial charge in [-0.05, 0) is 69.9 Å². The van der Waals surface area contributed by atoms with Crippen molar-refractivity contribution >= 4 is 28.2 Å². The second-order valence-electron chi connectivity index (χ2n) is 5.65. The Labute approximate surface area is 146 Å². The molecule has 1 aliphatic rings. The van der Waals surface area contributed by atoms with Crippen LogP contribution in [0.1, 0.15) is 17.5 Å². The first-order valence-corrected chi connectivity index (χ1v) is 10.1. The molecule has 3 rings (SSSR count). The van der Waals surface area contributed by atoms with E-state index < -0.39 is 0 Å². The Hall–Kier alpha value is -0.980. The molecule has 23 heavy (non-hydrogen) atoms. The van der Waals surface area contributed by atoms with Gasteiger partial charge in [0.15, 0.2) is 0 Å². The van der Waals surface area contributed by atoms with Crippen molar-refractivity contribution < 1.29 is 4.74 Å². The second-order valence-corrected chi connectivity index (χ2v) is 7.21. The molecule has 0 saturated carbocycles. The topological polar surface area (TPSA) is 24.5 Å². The molecule has 1 aliphatic heterocycles. The highest BCUT2D eigenvalue weighted by Crippen LogP contribution is 2.26. The molecule has 0 aromatic carbocycles. The van der Waals surface area contributed by atoms with E-state index in [2.05, 4.69) is 49.9 Å². The minimum absolute atomic E-state index is 0.890. The number of thiophene rings is 2. The molecule has 3 heterocycles. The van der Waals surface area contributed by atoms with Crippen LogP contribution in [0.15, 0.2) is 39.7 Å². The molecule has 0 aliphatic carbocycles. The molecule has 1 N–H and O–H groups in total. The molecular weight excluding hydrogens is 324 g/mol. The van der Waals surface area contributed by atoms with E-state index in [0.717, 1.165) is 39.4 Å². The van der Waals surface area contributed by atoms with Gasteiger partial charge in [-0.2, -0.15) is 22.7 Å². The quantitative estimate of drug-likeness (QED) is 0.738. The summed E-state index contributed by atoms with van der Waals surface area (Å²) in [4.78, 5) is 2.49. The number of nitrogens with zero attached hydrogens (tertiary/aromatic N) is 1. The Morgan fingerprint density at radius 1 is 1.13 bits per heavy atom. The van der Waals surface area contributed by atoms with Crippen LogP contribution in [0, 0.1) is 0 Å². The molecule has 0 unspecified atom stereocenters. The summed E-state index contributed by atoms with van der Waals surface area (Å²) >= 11 is 3.51. The third-order valence-corrected chi connectivity index (χ3v) is 5.41. The average Bonchev–Trinajstić information content (AvgIpc) is 3.29. The maximum Gasteiger partial charge on any atom is 0.0594 e. The summed E-state index contributed by atoms with van der Waals surface area (Å²) < 4.78 is 5.38. The fraction of sp³-hybridized carbons (Fsp3) is 0.444. The zero-order valence-electron chi connectivity index (χ0n) is 13.4. The van der Waals surface area contributed by atoms with Gasteiger partial charge in [-0.3, -0.25) is 4.90 Å². The number of morpholine rings is 1. The van der Waals surface area contributed by atoms with Crippen LogP contribution in [0.2, 0.25) is 0 Å². The third-order valence-electron chi connectivity index (χ3n) is 4.05. The molecule has 124 valence electrons. The smallest absolute Gasteiger partial charge is 0.0594 e. The van der Waals surface area contributed by atoms with Crippen molar-refractivity contribution in [3.8, 4) is 0 Å². The Kier molecular flexibility index (Phi) is 6.85. The number of hydrogen-bond acceptors (Lipinski definition) is 5. The molecule has 3 nitrogen and oxygen atoms in total. The van der Waals surface area contributed by atoms with Gasteiger partial charge in [-0.1, -0.05) is 6.08 Å². The number of ether oxygens (including phenoxy) is 1. The van der Waals surface area contributed by atoms with Crippen molar-refractivity contribution in [3.63, 3.8) is 0 Å². The fourth-order valence-electron chi connectivity index (χ4n) is 2.77. The maximum absolute atomic E-state index is 5.38. The van der Waals surface area contributed by atoms with Gasteiger partial charge in [-0.15, -0.1) is 0 Å². The zero-order valence-corrected chi connectivity index (χ0v) is 15.0. The summed E-state index contributed by atoms with van der Waals surface area (Å²) in [6.07, 6.45) is 3.51. The summed E-state index contributed by atoms with van der Waals surface area (Å²) in [5, 5.41) is 12.3. The number of nitrogens with one attached hydrogen (secondary N) is 1. The summed E-state index contributed by atoms with van der Waals surface area (Å²) in [5.74, 6) is 0. The molecule has 0 spiro atoms. The zero-order chi connectivity index (χ0) is 15.7. The van der Waals surface area contributed by atoms with Crippen molar-refractivity contribution in [1.29, 1.82) is 0 Å². The first-order chi connectivity index (χ1) is 11.4. The van der Waals surface area contributed by atoms with Gasteiger partial charge in [0.2, 0.25) is 0 Å². The molecule has 2 aromatic heterocycles. The van der Waals surface area contributed by atoms with E-state index in [1.807, 2.05) is 0 Å². The Bertz CT molecular complexity index is 536. The molecule has 0 bridgehead atoms. The van der Waals surface area contributed by atoms with Gasteiger partial charge in [0.05, 0.1) is 13.2 Å². The summed E-state index contributed by atoms with van der Waals surface area (Å²) in [7, 11) is 0. The van der Waals surface area contributed by atoms with E-state index >= 15 is 0 Å². The SMILES string of the molecule is C(CNCCCN1CCOCC1)=C(c1ccsc1)c1ccsc1. The molecule has 5 heteroatoms. The summed E-state index contributed by atoms with van der Waals surface area (Å²) in [6.45, 7) is 7.10. The summed E-state index contributed by atoms with van der Waals surface area (Å²) in [5.41, 5.74) is 3.99. The highest BCUT2D eigenvalue weighted by molar-refractivity contribution is 7.08. The maximum atomic E-state index is 5.38. The Morgan fingerprint density at radius 3 is 2.43 bits per heavy atom. The Balaban J connectivity index is 1.44. The van der Waals surface area contributed by atoms with Gasteiger partial charge in [0, 0.05) is 19.6 Å². The van der Waals surface area contributed by atoms with Crippen molar-refractivity contribution in [2.24, 2.45) is 0 Å². The minimum Gasteiger partial charge on any atom is -0.379 e. The van der Waals surface area contributed by atoms with Crippen molar-refractivity contribution in [1.82, 2.24) is 10.2 Å². The molecule has 2 aromatic rings. The monoisotopic (exact) mass is 348 g/mol. The van der Waals surface area contributed by atoms with E-state index in [0.29, 0.717) is 0 Å². The largest absolute Gasteiger partial charge is 0.379 e. The van der Waals surface area contributed by atoms with Crippen molar-refractivity contribution in [2.45, 2.75) is 6.42 Å². The van der Waals surface area contributed by atoms with Crippen LogP contribution in [0.25, 0.3) is 5.57 Å². The first-order valence-electron chi connectivity index (χ1n) is 8.19. The minimum atomic E-state index is 0.890. The van der Waals surface area contributed by atoms with Gasteiger partial charge >= 0.3 is 0 Å². The molecule has 0 atom stereocenters. The van der Waals surface area contributed by atoms with Crippen molar-refractivity contribution in [2.75, 3.05) is 45.9 Å². The molecule has 0 amide bonds. The van der Waals surface area contributed by atoms with Crippen LogP contribution in [-0.4, -0.2) is 50.8 Å². The van der Waals surface area contributed by atoms with Gasteiger partial charge in [0.25, 0.3) is 0 Å². The number of hydrogen-bond donors (Lipinski definition) is 1. The first kappa shape index (κ1) is 16.9. The van der Waals surface area contributed by atoms with Crippen LogP contribution >= 0.6 is 22.7 Å². The lowest BCUT2D eigenvalue weighted by Crippen LogP contribution is -2.37. The van der Waals surface area contributed by atoms with Crippen LogP contribution in [-0.2, 0) is 4.74 Å². The van der Waals surface area contributed by atoms with Crippen LogP contribution < -0.4 is 5.32 Å². The predicted molar refractivity (Wildman–Crippen MR) is 100 cm³/mol. The number of rotatable bonds is 8. The summed E-state index contributed by atoms with van der Waals surface area (Å²) in [6, 6.07) is 4.40. The van der Waals surface area contributed by atoms with Gasteiger partial charge in [-0.25, -0.2) is 0 Å². The highest BCUT2D eigenvalue weighted by atomic mass is 32.1. The van der Waals surface area contributed by atoms with E-state index in [4.69, 9.17) is 4.74 Å². The van der Waals surface area contributed by atoms with E-state index in [1.165, 1.54) is 29.7 Å². The van der Waals surface area contributed by atoms with Crippen LogP contribution in [0.4, 0.5) is 0 Å². The predicted octanol–water partition coefficient (Wildman–Crippen LogP) is 3.55. The van der Waals surface area contributed by atoms with Gasteiger partial charge < -0.3 is 10.1 Å². The lowest BCUT2D eigenvalue weighted by Gasteiger charge is -2.26. The lowest BCUT2D eigenvalue weighted by molar-refractivity contribution is 0.0375. The molecule has 0 radical (unpaired) electrons. The normalized spacial score (nSPS) is 15.7. The van der Waals surface area contributed by atoms with E-state index in [-0.39, 0.29) is 0 Å². The second kappa shape index (κ2) is 9.35. The molecule has 1 fully saturated rings. The van der Waals surface area contributed by atoms with Crippen LogP contribution in [0.3, 0.4) is 0 Å². The lowest BCUT2D eigenvalue weighted by atomic mass is 10.0. The Morgan fingerprint density at radius 2 is 1.83 bits per heavy atom. The van der Waals surface area contributed by atoms with E-state index in [9.17, 15) is 0 Å². The average molecular weight is 349 g/mol. The van der Waals surface area contributed by atoms with Crippen molar-refractivity contribution in [3.05, 3.63) is 50.9 Å². The molecular formula is C18H24N2OS2. The molecule has 1 saturated heterocycles. The fourth-order valence-corrected chi connectivity index (χ4v) is 4.08. The third kappa shape index (κ3) is 5.26. The van der Waals surface area contributed by atoms with Crippen LogP contribution in [0.5, 0.6) is 0 Å². The van der Waals surface area contributed by atoms with Gasteiger partial charge in [0.1, 0.15) is 0 Å². The highest BCUT2D eigenvalue weighted by Gasteiger charge is 2.09. The standard InChI is InChI=1S/C18H24N2OS2/c1(7-20-8-10-21-11-9-20)5-19-6-2-18(16-3-12-22-14-16)17-4-13-23-15-17/h2-4,12-15,19H,1,5-11H2. The van der Waals surface area contributed by atoms with E-state index in [1.54, 1.807) is 22.7 Å².